The number of H-pyrrole nitrogens is 1. The van der Waals surface area contributed by atoms with Crippen LogP contribution in [0.5, 0.6) is 0 Å². The zero-order chi connectivity index (χ0) is 17.5. The maximum Gasteiger partial charge on any atom is 0.250 e. The van der Waals surface area contributed by atoms with Gasteiger partial charge in [-0.2, -0.15) is 9.78 Å². The van der Waals surface area contributed by atoms with Crippen LogP contribution in [0.2, 0.25) is 0 Å². The largest absolute Gasteiger partial charge is 0.347 e. The van der Waals surface area contributed by atoms with Crippen molar-refractivity contribution in [2.75, 3.05) is 11.4 Å². The van der Waals surface area contributed by atoms with Gasteiger partial charge in [-0.05, 0) is 22.6 Å². The van der Waals surface area contributed by atoms with E-state index >= 15 is 0 Å². The molecule has 0 saturated carbocycles. The zero-order valence-corrected chi connectivity index (χ0v) is 14.2. The number of aromatic nitrogens is 8. The lowest BCUT2D eigenvalue weighted by atomic mass is 9.93. The molecule has 1 aromatic carbocycles. The molecule has 0 radical (unpaired) electrons. The molecule has 3 aromatic heterocycles. The Labute approximate surface area is 149 Å². The summed E-state index contributed by atoms with van der Waals surface area (Å²) in [6.07, 6.45) is 5.68. The predicted octanol–water partition coefficient (Wildman–Crippen LogP) is 1.27. The number of hydrogen-bond donors (Lipinski definition) is 1. The van der Waals surface area contributed by atoms with E-state index in [2.05, 4.69) is 35.5 Å². The van der Waals surface area contributed by atoms with Crippen LogP contribution in [-0.2, 0) is 13.6 Å². The Morgan fingerprint density at radius 2 is 2.08 bits per heavy atom. The first-order valence-electron chi connectivity index (χ1n) is 8.39. The number of hydrogen-bond acceptors (Lipinski definition) is 6. The summed E-state index contributed by atoms with van der Waals surface area (Å²) in [6.45, 7) is 1.41. The van der Waals surface area contributed by atoms with Crippen molar-refractivity contribution < 1.29 is 0 Å². The smallest absolute Gasteiger partial charge is 0.250 e. The average Bonchev–Trinajstić information content (AvgIpc) is 3.41. The Kier molecular flexibility index (Phi) is 3.30. The number of nitrogens with one attached hydrogen (secondary N) is 1. The van der Waals surface area contributed by atoms with E-state index in [0.717, 1.165) is 29.2 Å². The Morgan fingerprint density at radius 1 is 1.19 bits per heavy atom. The van der Waals surface area contributed by atoms with Gasteiger partial charge in [-0.3, -0.25) is 4.68 Å². The van der Waals surface area contributed by atoms with Crippen molar-refractivity contribution in [1.29, 1.82) is 0 Å². The van der Waals surface area contributed by atoms with Gasteiger partial charge in [-0.1, -0.05) is 23.3 Å². The molecule has 0 spiro atoms. The first kappa shape index (κ1) is 14.8. The number of rotatable bonds is 3. The molecule has 5 rings (SSSR count). The number of anilines is 1. The molecule has 1 aliphatic rings. The average molecular weight is 347 g/mol. The lowest BCUT2D eigenvalue weighted by Crippen LogP contribution is -2.36. The van der Waals surface area contributed by atoms with E-state index in [4.69, 9.17) is 0 Å². The van der Waals surface area contributed by atoms with Crippen LogP contribution >= 0.6 is 0 Å². The highest BCUT2D eigenvalue weighted by Crippen LogP contribution is 2.33. The molecule has 1 N–H and O–H groups in total. The van der Waals surface area contributed by atoms with Crippen LogP contribution in [-0.4, -0.2) is 46.5 Å². The molecular formula is C17H17N9. The van der Waals surface area contributed by atoms with Gasteiger partial charge < -0.3 is 9.88 Å². The molecule has 1 atom stereocenters. The fourth-order valence-electron chi connectivity index (χ4n) is 3.47. The monoisotopic (exact) mass is 347 g/mol. The molecule has 26 heavy (non-hydrogen) atoms. The van der Waals surface area contributed by atoms with Crippen molar-refractivity contribution in [3.05, 3.63) is 66.0 Å². The van der Waals surface area contributed by atoms with Crippen LogP contribution in [0, 0.1) is 0 Å². The summed E-state index contributed by atoms with van der Waals surface area (Å²) in [4.78, 5) is 9.97. The second-order valence-corrected chi connectivity index (χ2v) is 6.37. The number of fused-ring (bicyclic) bond motifs is 1. The molecule has 0 saturated heterocycles. The van der Waals surface area contributed by atoms with E-state index in [1.54, 1.807) is 11.0 Å². The molecule has 0 fully saturated rings. The second-order valence-electron chi connectivity index (χ2n) is 6.37. The molecule has 0 bridgehead atoms. The number of aryl methyl sites for hydroxylation is 1. The number of tetrazole rings is 1. The fraction of sp³-hybridized carbons (Fsp3) is 0.235. The van der Waals surface area contributed by atoms with Gasteiger partial charge in [0.1, 0.15) is 0 Å². The summed E-state index contributed by atoms with van der Waals surface area (Å²) in [6, 6.07) is 9.91. The fourth-order valence-corrected chi connectivity index (χ4v) is 3.47. The minimum Gasteiger partial charge on any atom is -0.347 e. The number of benzene rings is 1. The van der Waals surface area contributed by atoms with Gasteiger partial charge in [0.2, 0.25) is 0 Å². The quantitative estimate of drug-likeness (QED) is 0.600. The van der Waals surface area contributed by atoms with Crippen LogP contribution in [0.3, 0.4) is 0 Å². The lowest BCUT2D eigenvalue weighted by Gasteiger charge is -2.31. The van der Waals surface area contributed by atoms with Crippen molar-refractivity contribution in [3.8, 4) is 5.69 Å². The minimum atomic E-state index is 0.111. The molecule has 0 aliphatic carbocycles. The summed E-state index contributed by atoms with van der Waals surface area (Å²) in [7, 11) is 1.92. The first-order valence-corrected chi connectivity index (χ1v) is 8.39. The van der Waals surface area contributed by atoms with E-state index < -0.39 is 0 Å². The third kappa shape index (κ3) is 2.36. The van der Waals surface area contributed by atoms with E-state index in [1.165, 1.54) is 0 Å². The number of aromatic amines is 1. The standard InChI is InChI=1S/C17H17N9/c1-24-8-12(7-20-24)14-9-25(10-15-16(14)19-11-18-15)17-21-22-23-26(17)13-5-3-2-4-6-13/h2-8,11,14H,9-10H2,1H3,(H,18,19). The highest BCUT2D eigenvalue weighted by atomic mass is 15.6. The minimum absolute atomic E-state index is 0.111. The molecule has 1 aliphatic heterocycles. The van der Waals surface area contributed by atoms with Crippen LogP contribution in [0.1, 0.15) is 22.9 Å². The topological polar surface area (TPSA) is 93.3 Å². The Morgan fingerprint density at radius 3 is 2.88 bits per heavy atom. The third-order valence-corrected chi connectivity index (χ3v) is 4.70. The molecule has 4 heterocycles. The highest BCUT2D eigenvalue weighted by Gasteiger charge is 2.32. The van der Waals surface area contributed by atoms with Crippen molar-refractivity contribution in [2.24, 2.45) is 7.05 Å². The third-order valence-electron chi connectivity index (χ3n) is 4.70. The van der Waals surface area contributed by atoms with Crippen LogP contribution < -0.4 is 4.90 Å². The first-order chi connectivity index (χ1) is 12.8. The van der Waals surface area contributed by atoms with Gasteiger partial charge in [0.25, 0.3) is 5.95 Å². The molecular weight excluding hydrogens is 330 g/mol. The van der Waals surface area contributed by atoms with Gasteiger partial charge in [-0.15, -0.1) is 0 Å². The van der Waals surface area contributed by atoms with Gasteiger partial charge in [-0.25, -0.2) is 4.98 Å². The Balaban J connectivity index is 1.55. The summed E-state index contributed by atoms with van der Waals surface area (Å²) in [5.74, 6) is 0.824. The molecule has 4 aromatic rings. The maximum absolute atomic E-state index is 4.54. The summed E-state index contributed by atoms with van der Waals surface area (Å²) in [5, 5.41) is 16.7. The zero-order valence-electron chi connectivity index (χ0n) is 14.2. The van der Waals surface area contributed by atoms with E-state index in [0.29, 0.717) is 12.5 Å². The summed E-state index contributed by atoms with van der Waals surface area (Å²) < 4.78 is 3.58. The van der Waals surface area contributed by atoms with Crippen molar-refractivity contribution in [1.82, 2.24) is 40.0 Å². The van der Waals surface area contributed by atoms with Crippen LogP contribution in [0.4, 0.5) is 5.95 Å². The van der Waals surface area contributed by atoms with Crippen molar-refractivity contribution >= 4 is 5.95 Å². The Hall–Kier alpha value is -3.49. The summed E-state index contributed by atoms with van der Waals surface area (Å²) in [5.41, 5.74) is 4.20. The van der Waals surface area contributed by atoms with E-state index in [1.807, 2.05) is 54.5 Å². The number of imidazole rings is 1. The van der Waals surface area contributed by atoms with Crippen molar-refractivity contribution in [2.45, 2.75) is 12.5 Å². The van der Waals surface area contributed by atoms with Crippen LogP contribution in [0.15, 0.2) is 49.1 Å². The molecule has 0 amide bonds. The predicted molar refractivity (Wildman–Crippen MR) is 93.8 cm³/mol. The normalized spacial score (nSPS) is 16.7. The van der Waals surface area contributed by atoms with E-state index in [9.17, 15) is 0 Å². The van der Waals surface area contributed by atoms with E-state index in [-0.39, 0.29) is 5.92 Å². The van der Waals surface area contributed by atoms with Gasteiger partial charge >= 0.3 is 0 Å². The van der Waals surface area contributed by atoms with Gasteiger partial charge in [0.05, 0.1) is 36.1 Å². The highest BCUT2D eigenvalue weighted by molar-refractivity contribution is 5.45. The van der Waals surface area contributed by atoms with Crippen molar-refractivity contribution in [3.63, 3.8) is 0 Å². The maximum atomic E-state index is 4.54. The molecule has 9 heteroatoms. The Bertz CT molecular complexity index is 1030. The van der Waals surface area contributed by atoms with Gasteiger partial charge in [0.15, 0.2) is 0 Å². The second kappa shape index (κ2) is 5.80. The summed E-state index contributed by atoms with van der Waals surface area (Å²) >= 11 is 0. The number of para-hydroxylation sites is 1. The molecule has 130 valence electrons. The number of nitrogens with zero attached hydrogens (tertiary/aromatic N) is 8. The van der Waals surface area contributed by atoms with Crippen LogP contribution in [0.25, 0.3) is 5.69 Å². The molecule has 1 unspecified atom stereocenters. The van der Waals surface area contributed by atoms with Gasteiger partial charge in [0, 0.05) is 31.3 Å². The molecule has 9 nitrogen and oxygen atoms in total. The SMILES string of the molecule is Cn1cc(C2CN(c3nnnn3-c3ccccc3)Cc3[nH]cnc32)cn1. The lowest BCUT2D eigenvalue weighted by molar-refractivity contribution is 0.622.